The van der Waals surface area contributed by atoms with Gasteiger partial charge in [-0.05, 0) is 92.9 Å². The molecule has 2 rings (SSSR count). The fourth-order valence-electron chi connectivity index (χ4n) is 3.44. The van der Waals surface area contributed by atoms with Gasteiger partial charge in [0.1, 0.15) is 5.75 Å². The summed E-state index contributed by atoms with van der Waals surface area (Å²) in [5.74, 6) is 0.695. The molecule has 0 aliphatic carbocycles. The van der Waals surface area contributed by atoms with E-state index in [1.165, 1.54) is 18.9 Å². The highest BCUT2D eigenvalue weighted by Crippen LogP contribution is 2.24. The minimum atomic E-state index is -0.168. The molecule has 0 bridgehead atoms. The van der Waals surface area contributed by atoms with Gasteiger partial charge in [0.05, 0.1) is 7.11 Å². The molecule has 1 amide bonds. The van der Waals surface area contributed by atoms with Crippen molar-refractivity contribution in [3.05, 3.63) is 64.7 Å². The zero-order valence-electron chi connectivity index (χ0n) is 18.3. The Labute approximate surface area is 185 Å². The average molecular weight is 429 g/mol. The lowest BCUT2D eigenvalue weighted by Crippen LogP contribution is -2.26. The van der Waals surface area contributed by atoms with Crippen LogP contribution in [0, 0.1) is 0 Å². The number of hydrogen-bond donors (Lipinski definition) is 1. The quantitative estimate of drug-likeness (QED) is 0.418. The molecule has 0 aliphatic rings. The van der Waals surface area contributed by atoms with Crippen LogP contribution in [0.5, 0.6) is 5.75 Å². The number of methoxy groups -OCH3 is 1. The summed E-state index contributed by atoms with van der Waals surface area (Å²) >= 11 is 5.89. The monoisotopic (exact) mass is 428 g/mol. The second-order valence-corrected chi connectivity index (χ2v) is 7.78. The Kier molecular flexibility index (Phi) is 10.5. The maximum absolute atomic E-state index is 12.3. The lowest BCUT2D eigenvalue weighted by atomic mass is 10.1. The van der Waals surface area contributed by atoms with E-state index >= 15 is 0 Å². The number of hydrogen-bond acceptors (Lipinski definition) is 3. The van der Waals surface area contributed by atoms with Gasteiger partial charge in [0.2, 0.25) is 5.91 Å². The van der Waals surface area contributed by atoms with Gasteiger partial charge in [-0.2, -0.15) is 0 Å². The molecule has 0 unspecified atom stereocenters. The Morgan fingerprint density at radius 1 is 1.07 bits per heavy atom. The van der Waals surface area contributed by atoms with Crippen LogP contribution in [0.3, 0.4) is 0 Å². The number of nitrogens with zero attached hydrogens (tertiary/aromatic N) is 1. The van der Waals surface area contributed by atoms with Gasteiger partial charge < -0.3 is 15.0 Å². The lowest BCUT2D eigenvalue weighted by molar-refractivity contribution is -0.111. The molecule has 0 fully saturated rings. The molecular weight excluding hydrogens is 396 g/mol. The predicted molar refractivity (Wildman–Crippen MR) is 127 cm³/mol. The van der Waals surface area contributed by atoms with Crippen molar-refractivity contribution in [2.75, 3.05) is 32.1 Å². The number of ether oxygens (including phenoxy) is 1. The number of carbonyl (C=O) groups is 1. The van der Waals surface area contributed by atoms with E-state index in [4.69, 9.17) is 16.3 Å². The third-order valence-electron chi connectivity index (χ3n) is 4.85. The molecule has 0 aliphatic heterocycles. The molecule has 162 valence electrons. The predicted octanol–water partition coefficient (Wildman–Crippen LogP) is 6.06. The number of carbonyl (C=O) groups excluding carboxylic acids is 1. The minimum Gasteiger partial charge on any atom is -0.496 e. The van der Waals surface area contributed by atoms with Crippen molar-refractivity contribution in [3.63, 3.8) is 0 Å². The Morgan fingerprint density at radius 3 is 2.40 bits per heavy atom. The Hall–Kier alpha value is -2.30. The SMILES string of the molecule is CCCN(CCC)CCCc1cc(NC(=O)C=Cc2ccc(Cl)cc2)ccc1OC. The number of amides is 1. The first-order chi connectivity index (χ1) is 14.5. The van der Waals surface area contributed by atoms with E-state index in [1.807, 2.05) is 30.3 Å². The molecule has 0 saturated carbocycles. The van der Waals surface area contributed by atoms with E-state index in [-0.39, 0.29) is 5.91 Å². The van der Waals surface area contributed by atoms with Gasteiger partial charge in [-0.15, -0.1) is 0 Å². The van der Waals surface area contributed by atoms with Gasteiger partial charge in [-0.25, -0.2) is 0 Å². The van der Waals surface area contributed by atoms with Crippen molar-refractivity contribution in [1.82, 2.24) is 4.90 Å². The molecule has 0 aromatic heterocycles. The summed E-state index contributed by atoms with van der Waals surface area (Å²) in [5, 5.41) is 3.61. The van der Waals surface area contributed by atoms with Crippen molar-refractivity contribution < 1.29 is 9.53 Å². The second kappa shape index (κ2) is 13.1. The summed E-state index contributed by atoms with van der Waals surface area (Å²) in [5.41, 5.74) is 2.81. The standard InChI is InChI=1S/C25H33ClN2O2/c1-4-16-28(17-5-2)18-6-7-21-19-23(13-14-24(21)30-3)27-25(29)15-10-20-8-11-22(26)12-9-20/h8-15,19H,4-7,16-18H2,1-3H3,(H,27,29). The van der Waals surface area contributed by atoms with Crippen LogP contribution in [0.4, 0.5) is 5.69 Å². The average Bonchev–Trinajstić information content (AvgIpc) is 2.74. The molecule has 5 heteroatoms. The van der Waals surface area contributed by atoms with Crippen LogP contribution in [0.25, 0.3) is 6.08 Å². The Bertz CT molecular complexity index is 812. The van der Waals surface area contributed by atoms with Crippen molar-refractivity contribution in [3.8, 4) is 5.75 Å². The van der Waals surface area contributed by atoms with Crippen LogP contribution in [0.15, 0.2) is 48.5 Å². The van der Waals surface area contributed by atoms with Crippen LogP contribution >= 0.6 is 11.6 Å². The van der Waals surface area contributed by atoms with Crippen LogP contribution < -0.4 is 10.1 Å². The van der Waals surface area contributed by atoms with Gasteiger partial charge in [0.15, 0.2) is 0 Å². The molecule has 2 aromatic carbocycles. The highest BCUT2D eigenvalue weighted by Gasteiger charge is 2.08. The fraction of sp³-hybridized carbons (Fsp3) is 0.400. The summed E-state index contributed by atoms with van der Waals surface area (Å²) in [6.07, 6.45) is 7.62. The van der Waals surface area contributed by atoms with Crippen LogP contribution in [-0.2, 0) is 11.2 Å². The maximum atomic E-state index is 12.3. The smallest absolute Gasteiger partial charge is 0.248 e. The highest BCUT2D eigenvalue weighted by atomic mass is 35.5. The number of anilines is 1. The van der Waals surface area contributed by atoms with E-state index in [1.54, 1.807) is 25.3 Å². The van der Waals surface area contributed by atoms with Crippen molar-refractivity contribution in [2.45, 2.75) is 39.5 Å². The number of nitrogens with one attached hydrogen (secondary N) is 1. The lowest BCUT2D eigenvalue weighted by Gasteiger charge is -2.21. The van der Waals surface area contributed by atoms with E-state index in [9.17, 15) is 4.79 Å². The number of halogens is 1. The Morgan fingerprint density at radius 2 is 1.77 bits per heavy atom. The third-order valence-corrected chi connectivity index (χ3v) is 5.10. The van der Waals surface area contributed by atoms with Gasteiger partial charge in [0, 0.05) is 16.8 Å². The summed E-state index contributed by atoms with van der Waals surface area (Å²) in [6.45, 7) is 7.80. The molecule has 0 atom stereocenters. The zero-order chi connectivity index (χ0) is 21.8. The molecule has 0 saturated heterocycles. The maximum Gasteiger partial charge on any atom is 0.248 e. The van der Waals surface area contributed by atoms with Crippen molar-refractivity contribution in [1.29, 1.82) is 0 Å². The van der Waals surface area contributed by atoms with Crippen LogP contribution in [0.1, 0.15) is 44.2 Å². The fourth-order valence-corrected chi connectivity index (χ4v) is 3.57. The molecule has 4 nitrogen and oxygen atoms in total. The molecule has 0 radical (unpaired) electrons. The van der Waals surface area contributed by atoms with E-state index in [0.29, 0.717) is 5.02 Å². The Balaban J connectivity index is 1.97. The topological polar surface area (TPSA) is 41.6 Å². The highest BCUT2D eigenvalue weighted by molar-refractivity contribution is 6.30. The molecule has 1 N–H and O–H groups in total. The first kappa shape index (κ1) is 24.0. The molecule has 30 heavy (non-hydrogen) atoms. The van der Waals surface area contributed by atoms with Gasteiger partial charge in [-0.1, -0.05) is 37.6 Å². The molecule has 2 aromatic rings. The summed E-state index contributed by atoms with van der Waals surface area (Å²) in [7, 11) is 1.69. The van der Waals surface area contributed by atoms with Gasteiger partial charge >= 0.3 is 0 Å². The normalized spacial score (nSPS) is 11.2. The molecular formula is C25H33ClN2O2. The zero-order valence-corrected chi connectivity index (χ0v) is 19.0. The number of rotatable bonds is 12. The first-order valence-corrected chi connectivity index (χ1v) is 11.1. The molecule has 0 spiro atoms. The van der Waals surface area contributed by atoms with Gasteiger partial charge in [-0.3, -0.25) is 4.79 Å². The van der Waals surface area contributed by atoms with Crippen LogP contribution in [0.2, 0.25) is 5.02 Å². The number of aryl methyl sites for hydroxylation is 1. The third kappa shape index (κ3) is 8.21. The summed E-state index contributed by atoms with van der Waals surface area (Å²) < 4.78 is 5.52. The number of benzene rings is 2. The largest absolute Gasteiger partial charge is 0.496 e. The summed E-state index contributed by atoms with van der Waals surface area (Å²) in [6, 6.07) is 13.2. The van der Waals surface area contributed by atoms with E-state index in [2.05, 4.69) is 24.1 Å². The van der Waals surface area contributed by atoms with Crippen molar-refractivity contribution in [2.24, 2.45) is 0 Å². The second-order valence-electron chi connectivity index (χ2n) is 7.35. The summed E-state index contributed by atoms with van der Waals surface area (Å²) in [4.78, 5) is 14.8. The minimum absolute atomic E-state index is 0.168. The van der Waals surface area contributed by atoms with Crippen molar-refractivity contribution >= 4 is 29.3 Å². The van der Waals surface area contributed by atoms with Gasteiger partial charge in [0.25, 0.3) is 0 Å². The van der Waals surface area contributed by atoms with E-state index in [0.717, 1.165) is 55.0 Å². The van der Waals surface area contributed by atoms with Crippen LogP contribution in [-0.4, -0.2) is 37.6 Å². The first-order valence-electron chi connectivity index (χ1n) is 10.7. The van der Waals surface area contributed by atoms with E-state index < -0.39 is 0 Å². The molecule has 0 heterocycles.